The summed E-state index contributed by atoms with van der Waals surface area (Å²) in [7, 11) is 0. The van der Waals surface area contributed by atoms with Crippen molar-refractivity contribution in [2.45, 2.75) is 13.8 Å². The summed E-state index contributed by atoms with van der Waals surface area (Å²) in [6.07, 6.45) is 0. The van der Waals surface area contributed by atoms with E-state index >= 15 is 0 Å². The van der Waals surface area contributed by atoms with Crippen LogP contribution >= 0.6 is 0 Å². The summed E-state index contributed by atoms with van der Waals surface area (Å²) in [4.78, 5) is 12.2. The minimum Gasteiger partial charge on any atom is -0.493 e. The van der Waals surface area contributed by atoms with Gasteiger partial charge in [0.05, 0.1) is 23.6 Å². The second-order valence-corrected chi connectivity index (χ2v) is 3.99. The van der Waals surface area contributed by atoms with Gasteiger partial charge in [-0.15, -0.1) is 0 Å². The molecule has 6 heteroatoms. The summed E-state index contributed by atoms with van der Waals surface area (Å²) in [5.41, 5.74) is 7.38. The lowest BCUT2D eigenvalue weighted by atomic mass is 10.2. The summed E-state index contributed by atoms with van der Waals surface area (Å²) in [5, 5.41) is 9.31. The van der Waals surface area contributed by atoms with Crippen LogP contribution < -0.4 is 15.8 Å². The standard InChI is InChI=1S/C13H16N4O2/c1-3-19-10-7-5-4-6-9(10)13(18)15-12-11(14)8(2)16-17-12/h4-7H,3,14H2,1-2H3,(H2,15,16,17,18). The normalized spacial score (nSPS) is 10.2. The van der Waals surface area contributed by atoms with Gasteiger partial charge in [0.25, 0.3) is 5.91 Å². The monoisotopic (exact) mass is 260 g/mol. The van der Waals surface area contributed by atoms with E-state index in [9.17, 15) is 4.79 Å². The van der Waals surface area contributed by atoms with Crippen molar-refractivity contribution in [3.63, 3.8) is 0 Å². The first kappa shape index (κ1) is 12.9. The van der Waals surface area contributed by atoms with E-state index < -0.39 is 0 Å². The highest BCUT2D eigenvalue weighted by atomic mass is 16.5. The molecule has 0 saturated carbocycles. The Hall–Kier alpha value is -2.50. The molecule has 1 aromatic carbocycles. The molecule has 0 aliphatic rings. The summed E-state index contributed by atoms with van der Waals surface area (Å²) < 4.78 is 5.41. The van der Waals surface area contributed by atoms with E-state index in [2.05, 4.69) is 15.5 Å². The average molecular weight is 260 g/mol. The summed E-state index contributed by atoms with van der Waals surface area (Å²) >= 11 is 0. The number of aryl methyl sites for hydroxylation is 1. The Morgan fingerprint density at radius 1 is 1.47 bits per heavy atom. The number of anilines is 2. The van der Waals surface area contributed by atoms with E-state index in [-0.39, 0.29) is 5.91 Å². The second-order valence-electron chi connectivity index (χ2n) is 3.99. The number of rotatable bonds is 4. The number of nitrogens with one attached hydrogen (secondary N) is 2. The number of aromatic nitrogens is 2. The Labute approximate surface area is 111 Å². The fraction of sp³-hybridized carbons (Fsp3) is 0.231. The highest BCUT2D eigenvalue weighted by molar-refractivity contribution is 6.07. The molecule has 1 heterocycles. The number of para-hydroxylation sites is 1. The van der Waals surface area contributed by atoms with Gasteiger partial charge in [-0.3, -0.25) is 9.89 Å². The Bertz CT molecular complexity index is 592. The van der Waals surface area contributed by atoms with E-state index in [0.717, 1.165) is 0 Å². The lowest BCUT2D eigenvalue weighted by Gasteiger charge is -2.09. The lowest BCUT2D eigenvalue weighted by Crippen LogP contribution is -2.14. The topological polar surface area (TPSA) is 93.0 Å². The van der Waals surface area contributed by atoms with E-state index in [1.807, 2.05) is 13.0 Å². The molecular formula is C13H16N4O2. The smallest absolute Gasteiger partial charge is 0.260 e. The first-order valence-corrected chi connectivity index (χ1v) is 5.97. The van der Waals surface area contributed by atoms with Gasteiger partial charge in [-0.2, -0.15) is 5.10 Å². The van der Waals surface area contributed by atoms with Crippen molar-refractivity contribution in [1.29, 1.82) is 0 Å². The molecular weight excluding hydrogens is 244 g/mol. The third-order valence-corrected chi connectivity index (χ3v) is 2.66. The number of benzene rings is 1. The van der Waals surface area contributed by atoms with Crippen molar-refractivity contribution in [1.82, 2.24) is 10.2 Å². The van der Waals surface area contributed by atoms with Crippen LogP contribution in [0.3, 0.4) is 0 Å². The van der Waals surface area contributed by atoms with Crippen molar-refractivity contribution in [3.8, 4) is 5.75 Å². The number of amides is 1. The Morgan fingerprint density at radius 2 is 2.21 bits per heavy atom. The van der Waals surface area contributed by atoms with Gasteiger partial charge >= 0.3 is 0 Å². The fourth-order valence-electron chi connectivity index (χ4n) is 1.64. The van der Waals surface area contributed by atoms with Crippen LogP contribution in [-0.2, 0) is 0 Å². The molecule has 19 heavy (non-hydrogen) atoms. The quantitative estimate of drug-likeness (QED) is 0.783. The van der Waals surface area contributed by atoms with Crippen LogP contribution in [-0.4, -0.2) is 22.7 Å². The largest absolute Gasteiger partial charge is 0.493 e. The van der Waals surface area contributed by atoms with Crippen molar-refractivity contribution in [3.05, 3.63) is 35.5 Å². The molecule has 0 bridgehead atoms. The molecule has 0 unspecified atom stereocenters. The van der Waals surface area contributed by atoms with Crippen LogP contribution in [0.25, 0.3) is 0 Å². The summed E-state index contributed by atoms with van der Waals surface area (Å²) in [6, 6.07) is 7.03. The van der Waals surface area contributed by atoms with Gasteiger partial charge < -0.3 is 15.8 Å². The minimum absolute atomic E-state index is 0.303. The number of nitrogen functional groups attached to an aromatic ring is 1. The van der Waals surface area contributed by atoms with E-state index in [4.69, 9.17) is 10.5 Å². The Kier molecular flexibility index (Phi) is 3.70. The van der Waals surface area contributed by atoms with Crippen molar-refractivity contribution in [2.75, 3.05) is 17.7 Å². The molecule has 1 amide bonds. The van der Waals surface area contributed by atoms with Crippen molar-refractivity contribution < 1.29 is 9.53 Å². The molecule has 0 aliphatic carbocycles. The zero-order chi connectivity index (χ0) is 13.8. The molecule has 6 nitrogen and oxygen atoms in total. The van der Waals surface area contributed by atoms with Gasteiger partial charge in [0.15, 0.2) is 5.82 Å². The van der Waals surface area contributed by atoms with Gasteiger partial charge in [0.1, 0.15) is 5.75 Å². The number of nitrogens with two attached hydrogens (primary N) is 1. The van der Waals surface area contributed by atoms with Crippen LogP contribution in [0.4, 0.5) is 11.5 Å². The molecule has 0 radical (unpaired) electrons. The molecule has 1 aromatic heterocycles. The number of carbonyl (C=O) groups is 1. The molecule has 100 valence electrons. The Balaban J connectivity index is 2.23. The van der Waals surface area contributed by atoms with E-state index in [1.165, 1.54) is 0 Å². The van der Waals surface area contributed by atoms with Gasteiger partial charge in [-0.1, -0.05) is 12.1 Å². The molecule has 4 N–H and O–H groups in total. The minimum atomic E-state index is -0.303. The van der Waals surface area contributed by atoms with Crippen LogP contribution in [0.15, 0.2) is 24.3 Å². The van der Waals surface area contributed by atoms with Crippen LogP contribution in [0.1, 0.15) is 23.0 Å². The number of nitrogens with zero attached hydrogens (tertiary/aromatic N) is 1. The summed E-state index contributed by atoms with van der Waals surface area (Å²) in [5.74, 6) is 0.560. The highest BCUT2D eigenvalue weighted by Crippen LogP contribution is 2.22. The third-order valence-electron chi connectivity index (χ3n) is 2.66. The maximum absolute atomic E-state index is 12.2. The average Bonchev–Trinajstić information content (AvgIpc) is 2.72. The van der Waals surface area contributed by atoms with Gasteiger partial charge in [-0.05, 0) is 26.0 Å². The lowest BCUT2D eigenvalue weighted by molar-refractivity contribution is 0.102. The van der Waals surface area contributed by atoms with Crippen LogP contribution in [0.2, 0.25) is 0 Å². The van der Waals surface area contributed by atoms with Crippen molar-refractivity contribution >= 4 is 17.4 Å². The van der Waals surface area contributed by atoms with Crippen LogP contribution in [0.5, 0.6) is 5.75 Å². The number of H-pyrrole nitrogens is 1. The SMILES string of the molecule is CCOc1ccccc1C(=O)Nc1n[nH]c(C)c1N. The zero-order valence-electron chi connectivity index (χ0n) is 10.9. The van der Waals surface area contributed by atoms with Crippen molar-refractivity contribution in [2.24, 2.45) is 0 Å². The fourth-order valence-corrected chi connectivity index (χ4v) is 1.64. The molecule has 0 atom stereocenters. The first-order chi connectivity index (χ1) is 9.13. The number of hydrogen-bond acceptors (Lipinski definition) is 4. The maximum atomic E-state index is 12.2. The van der Waals surface area contributed by atoms with Crippen LogP contribution in [0, 0.1) is 6.92 Å². The van der Waals surface area contributed by atoms with E-state index in [1.54, 1.807) is 25.1 Å². The number of hydrogen-bond donors (Lipinski definition) is 3. The molecule has 0 saturated heterocycles. The molecule has 0 aliphatic heterocycles. The number of aromatic amines is 1. The molecule has 0 spiro atoms. The molecule has 2 rings (SSSR count). The van der Waals surface area contributed by atoms with Gasteiger partial charge in [0.2, 0.25) is 0 Å². The van der Waals surface area contributed by atoms with Gasteiger partial charge in [0, 0.05) is 0 Å². The predicted molar refractivity (Wildman–Crippen MR) is 73.3 cm³/mol. The summed E-state index contributed by atoms with van der Waals surface area (Å²) in [6.45, 7) is 4.14. The first-order valence-electron chi connectivity index (χ1n) is 5.97. The zero-order valence-corrected chi connectivity index (χ0v) is 10.9. The third kappa shape index (κ3) is 2.67. The molecule has 2 aromatic rings. The van der Waals surface area contributed by atoms with Gasteiger partial charge in [-0.25, -0.2) is 0 Å². The maximum Gasteiger partial charge on any atom is 0.260 e. The number of carbonyl (C=O) groups excluding carboxylic acids is 1. The second kappa shape index (κ2) is 5.43. The highest BCUT2D eigenvalue weighted by Gasteiger charge is 2.15. The Morgan fingerprint density at radius 3 is 2.84 bits per heavy atom. The van der Waals surface area contributed by atoms with E-state index in [0.29, 0.717) is 35.1 Å². The predicted octanol–water partition coefficient (Wildman–Crippen LogP) is 1.95. The molecule has 0 fully saturated rings. The number of ether oxygens (including phenoxy) is 1.